The highest BCUT2D eigenvalue weighted by molar-refractivity contribution is 9.10. The van der Waals surface area contributed by atoms with Gasteiger partial charge >= 0.3 is 0 Å². The molecule has 3 nitrogen and oxygen atoms in total. The van der Waals surface area contributed by atoms with Crippen molar-refractivity contribution >= 4 is 39.2 Å². The summed E-state index contributed by atoms with van der Waals surface area (Å²) in [5.74, 6) is 1.33. The van der Waals surface area contributed by atoms with Gasteiger partial charge in [0, 0.05) is 10.2 Å². The molecule has 0 amide bonds. The molecule has 1 saturated carbocycles. The first-order chi connectivity index (χ1) is 9.66. The van der Waals surface area contributed by atoms with Gasteiger partial charge in [0.05, 0.1) is 17.6 Å². The van der Waals surface area contributed by atoms with Gasteiger partial charge in [-0.2, -0.15) is 0 Å². The summed E-state index contributed by atoms with van der Waals surface area (Å²) in [6, 6.07) is 6.37. The fourth-order valence-electron chi connectivity index (χ4n) is 3.35. The fourth-order valence-corrected chi connectivity index (χ4v) is 3.84. The summed E-state index contributed by atoms with van der Waals surface area (Å²) in [6.07, 6.45) is 6.61. The first-order valence-corrected chi connectivity index (χ1v) is 8.38. The predicted octanol–water partition coefficient (Wildman–Crippen LogP) is 4.19. The van der Waals surface area contributed by atoms with E-state index in [2.05, 4.69) is 25.8 Å². The average molecular weight is 357 g/mol. The zero-order valence-electron chi connectivity index (χ0n) is 11.4. The molecular formula is C15H19BrClN3. The minimum atomic E-state index is 0.406. The lowest BCUT2D eigenvalue weighted by Crippen LogP contribution is -2.45. The Morgan fingerprint density at radius 1 is 1.25 bits per heavy atom. The van der Waals surface area contributed by atoms with Crippen LogP contribution in [0.2, 0.25) is 5.02 Å². The zero-order chi connectivity index (χ0) is 14.1. The topological polar surface area (TPSA) is 41.6 Å². The molecule has 108 valence electrons. The van der Waals surface area contributed by atoms with E-state index in [0.29, 0.717) is 17.9 Å². The number of hydrogen-bond acceptors (Lipinski definition) is 3. The number of hydrogen-bond donors (Lipinski definition) is 1. The number of aliphatic imine (C=N–C) groups is 1. The highest BCUT2D eigenvalue weighted by Crippen LogP contribution is 2.35. The number of rotatable bonds is 2. The molecule has 0 spiro atoms. The number of benzene rings is 1. The number of guanidine groups is 1. The van der Waals surface area contributed by atoms with E-state index >= 15 is 0 Å². The third-order valence-electron chi connectivity index (χ3n) is 4.39. The number of nitrogens with zero attached hydrogens (tertiary/aromatic N) is 2. The molecule has 1 fully saturated rings. The summed E-state index contributed by atoms with van der Waals surface area (Å²) in [5.41, 5.74) is 7.20. The second-order valence-electron chi connectivity index (χ2n) is 5.63. The molecular weight excluding hydrogens is 338 g/mol. The van der Waals surface area contributed by atoms with Crippen LogP contribution in [-0.2, 0) is 0 Å². The van der Waals surface area contributed by atoms with Crippen LogP contribution in [-0.4, -0.2) is 18.5 Å². The Morgan fingerprint density at radius 3 is 2.70 bits per heavy atom. The van der Waals surface area contributed by atoms with Crippen LogP contribution in [0.5, 0.6) is 0 Å². The van der Waals surface area contributed by atoms with Crippen molar-refractivity contribution in [2.75, 3.05) is 11.4 Å². The molecule has 1 aliphatic carbocycles. The summed E-state index contributed by atoms with van der Waals surface area (Å²) in [4.78, 5) is 6.67. The zero-order valence-corrected chi connectivity index (χ0v) is 13.7. The summed E-state index contributed by atoms with van der Waals surface area (Å²) < 4.78 is 0.902. The van der Waals surface area contributed by atoms with Crippen molar-refractivity contribution in [3.8, 4) is 0 Å². The van der Waals surface area contributed by atoms with E-state index in [0.717, 1.165) is 21.7 Å². The SMILES string of the molecule is NC1=NCC(C2CCCCC2)N1c1ccc(Cl)c(Br)c1. The third kappa shape index (κ3) is 2.68. The molecule has 0 radical (unpaired) electrons. The Balaban J connectivity index is 1.87. The maximum atomic E-state index is 6.12. The van der Waals surface area contributed by atoms with Crippen LogP contribution in [0.4, 0.5) is 5.69 Å². The summed E-state index contributed by atoms with van der Waals surface area (Å²) in [5, 5.41) is 0.720. The summed E-state index contributed by atoms with van der Waals surface area (Å²) in [7, 11) is 0. The molecule has 1 unspecified atom stereocenters. The van der Waals surface area contributed by atoms with E-state index in [1.54, 1.807) is 0 Å². The lowest BCUT2D eigenvalue weighted by Gasteiger charge is -2.34. The van der Waals surface area contributed by atoms with Gasteiger partial charge in [0.15, 0.2) is 5.96 Å². The van der Waals surface area contributed by atoms with Gasteiger partial charge in [0.2, 0.25) is 0 Å². The van der Waals surface area contributed by atoms with Crippen LogP contribution in [0, 0.1) is 5.92 Å². The van der Waals surface area contributed by atoms with Gasteiger partial charge in [-0.1, -0.05) is 30.9 Å². The normalized spacial score (nSPS) is 24.0. The number of nitrogens with two attached hydrogens (primary N) is 1. The Kier molecular flexibility index (Phi) is 4.22. The van der Waals surface area contributed by atoms with Crippen molar-refractivity contribution in [2.45, 2.75) is 38.1 Å². The van der Waals surface area contributed by atoms with Crippen molar-refractivity contribution < 1.29 is 0 Å². The summed E-state index contributed by atoms with van der Waals surface area (Å²) >= 11 is 9.57. The molecule has 20 heavy (non-hydrogen) atoms. The van der Waals surface area contributed by atoms with E-state index in [-0.39, 0.29) is 0 Å². The van der Waals surface area contributed by atoms with Crippen LogP contribution in [0.3, 0.4) is 0 Å². The fraction of sp³-hybridized carbons (Fsp3) is 0.533. The van der Waals surface area contributed by atoms with Gasteiger partial charge in [-0.15, -0.1) is 0 Å². The second-order valence-corrected chi connectivity index (χ2v) is 6.89. The van der Waals surface area contributed by atoms with Crippen LogP contribution >= 0.6 is 27.5 Å². The first-order valence-electron chi connectivity index (χ1n) is 7.21. The molecule has 1 aliphatic heterocycles. The van der Waals surface area contributed by atoms with Gasteiger partial charge in [0.1, 0.15) is 0 Å². The molecule has 0 aromatic heterocycles. The van der Waals surface area contributed by atoms with Gasteiger partial charge in [-0.05, 0) is 52.9 Å². The lowest BCUT2D eigenvalue weighted by atomic mass is 9.83. The van der Waals surface area contributed by atoms with Gasteiger partial charge in [-0.3, -0.25) is 4.99 Å². The largest absolute Gasteiger partial charge is 0.370 e. The van der Waals surface area contributed by atoms with E-state index in [9.17, 15) is 0 Å². The molecule has 1 aromatic carbocycles. The molecule has 2 aliphatic rings. The first kappa shape index (κ1) is 14.2. The van der Waals surface area contributed by atoms with Crippen molar-refractivity contribution in [3.63, 3.8) is 0 Å². The minimum Gasteiger partial charge on any atom is -0.370 e. The predicted molar refractivity (Wildman–Crippen MR) is 88.5 cm³/mol. The third-order valence-corrected chi connectivity index (χ3v) is 5.61. The van der Waals surface area contributed by atoms with Crippen LogP contribution in [0.25, 0.3) is 0 Å². The van der Waals surface area contributed by atoms with E-state index in [1.807, 2.05) is 18.2 Å². The van der Waals surface area contributed by atoms with Crippen molar-refractivity contribution in [3.05, 3.63) is 27.7 Å². The molecule has 5 heteroatoms. The number of halogens is 2. The van der Waals surface area contributed by atoms with E-state index in [1.165, 1.54) is 32.1 Å². The highest BCUT2D eigenvalue weighted by atomic mass is 79.9. The molecule has 0 saturated heterocycles. The van der Waals surface area contributed by atoms with Crippen LogP contribution < -0.4 is 10.6 Å². The number of anilines is 1. The quantitative estimate of drug-likeness (QED) is 0.863. The van der Waals surface area contributed by atoms with Crippen LogP contribution in [0.15, 0.2) is 27.7 Å². The molecule has 1 aromatic rings. The lowest BCUT2D eigenvalue weighted by molar-refractivity contribution is 0.314. The van der Waals surface area contributed by atoms with E-state index in [4.69, 9.17) is 17.3 Å². The van der Waals surface area contributed by atoms with Crippen LogP contribution in [0.1, 0.15) is 32.1 Å². The van der Waals surface area contributed by atoms with Gasteiger partial charge in [0.25, 0.3) is 0 Å². The Bertz CT molecular complexity index is 526. The monoisotopic (exact) mass is 355 g/mol. The van der Waals surface area contributed by atoms with Crippen molar-refractivity contribution in [2.24, 2.45) is 16.6 Å². The summed E-state index contributed by atoms with van der Waals surface area (Å²) in [6.45, 7) is 0.816. The standard InChI is InChI=1S/C15H19BrClN3/c16-12-8-11(6-7-13(12)17)20-14(9-19-15(20)18)10-4-2-1-3-5-10/h6-8,10,14H,1-5,9H2,(H2,18,19). The maximum absolute atomic E-state index is 6.12. The average Bonchev–Trinajstić information content (AvgIpc) is 2.85. The Hall–Kier alpha value is -0.740. The molecule has 1 atom stereocenters. The van der Waals surface area contributed by atoms with Gasteiger partial charge < -0.3 is 10.6 Å². The molecule has 3 rings (SSSR count). The van der Waals surface area contributed by atoms with Crippen molar-refractivity contribution in [1.82, 2.24) is 0 Å². The second kappa shape index (κ2) is 5.94. The molecule has 2 N–H and O–H groups in total. The maximum Gasteiger partial charge on any atom is 0.196 e. The Morgan fingerprint density at radius 2 is 2.00 bits per heavy atom. The smallest absolute Gasteiger partial charge is 0.196 e. The van der Waals surface area contributed by atoms with E-state index < -0.39 is 0 Å². The molecule has 1 heterocycles. The van der Waals surface area contributed by atoms with Crippen molar-refractivity contribution in [1.29, 1.82) is 0 Å². The highest BCUT2D eigenvalue weighted by Gasteiger charge is 2.34. The van der Waals surface area contributed by atoms with Gasteiger partial charge in [-0.25, -0.2) is 0 Å². The minimum absolute atomic E-state index is 0.406. The Labute approximate surface area is 133 Å². The molecule has 0 bridgehead atoms.